The Bertz CT molecular complexity index is 476. The first kappa shape index (κ1) is 16.4. The SMILES string of the molecule is CCNC(=NCCNC(=O)c1ccco1)N1CCC(C)CC1. The van der Waals surface area contributed by atoms with Gasteiger partial charge < -0.3 is 20.0 Å². The number of hydrogen-bond donors (Lipinski definition) is 2. The molecule has 1 saturated heterocycles. The van der Waals surface area contributed by atoms with Crippen molar-refractivity contribution in [1.29, 1.82) is 0 Å². The third-order valence-corrected chi connectivity index (χ3v) is 3.82. The minimum Gasteiger partial charge on any atom is -0.459 e. The molecule has 0 unspecified atom stereocenters. The number of hydrogen-bond acceptors (Lipinski definition) is 3. The summed E-state index contributed by atoms with van der Waals surface area (Å²) < 4.78 is 5.05. The lowest BCUT2D eigenvalue weighted by atomic mass is 10.00. The normalized spacial score (nSPS) is 16.6. The molecule has 0 bridgehead atoms. The molecule has 6 heteroatoms. The van der Waals surface area contributed by atoms with Crippen LogP contribution >= 0.6 is 0 Å². The van der Waals surface area contributed by atoms with Gasteiger partial charge in [-0.1, -0.05) is 6.92 Å². The average Bonchev–Trinajstić information content (AvgIpc) is 3.05. The molecule has 1 aliphatic heterocycles. The molecule has 0 aliphatic carbocycles. The molecule has 6 nitrogen and oxygen atoms in total. The van der Waals surface area contributed by atoms with Crippen LogP contribution in [0.25, 0.3) is 0 Å². The number of likely N-dealkylation sites (tertiary alicyclic amines) is 1. The predicted molar refractivity (Wildman–Crippen MR) is 87.0 cm³/mol. The number of carbonyl (C=O) groups excluding carboxylic acids is 1. The number of nitrogens with zero attached hydrogens (tertiary/aromatic N) is 2. The lowest BCUT2D eigenvalue weighted by Gasteiger charge is -2.33. The van der Waals surface area contributed by atoms with Crippen LogP contribution in [0.1, 0.15) is 37.2 Å². The van der Waals surface area contributed by atoms with E-state index in [-0.39, 0.29) is 5.91 Å². The standard InChI is InChI=1S/C16H26N4O2/c1-3-17-16(20-10-6-13(2)7-11-20)19-9-8-18-15(21)14-5-4-12-22-14/h4-5,12-13H,3,6-11H2,1-2H3,(H,17,19)(H,18,21). The Morgan fingerprint density at radius 3 is 2.82 bits per heavy atom. The number of piperidine rings is 1. The van der Waals surface area contributed by atoms with Crippen LogP contribution in [0.3, 0.4) is 0 Å². The summed E-state index contributed by atoms with van der Waals surface area (Å²) in [5, 5.41) is 6.13. The first-order chi connectivity index (χ1) is 10.7. The van der Waals surface area contributed by atoms with Crippen molar-refractivity contribution in [3.8, 4) is 0 Å². The Balaban J connectivity index is 1.79. The van der Waals surface area contributed by atoms with Crippen molar-refractivity contribution < 1.29 is 9.21 Å². The summed E-state index contributed by atoms with van der Waals surface area (Å²) in [6.45, 7) is 8.37. The Hall–Kier alpha value is -1.98. The predicted octanol–water partition coefficient (Wildman–Crippen LogP) is 1.71. The third kappa shape index (κ3) is 4.79. The van der Waals surface area contributed by atoms with Crippen molar-refractivity contribution in [3.05, 3.63) is 24.2 Å². The molecule has 1 aromatic heterocycles. The van der Waals surface area contributed by atoms with E-state index in [2.05, 4.69) is 34.4 Å². The number of nitrogens with one attached hydrogen (secondary N) is 2. The molecule has 0 saturated carbocycles. The number of aliphatic imine (C=N–C) groups is 1. The molecule has 1 fully saturated rings. The van der Waals surface area contributed by atoms with Crippen molar-refractivity contribution in [2.75, 3.05) is 32.7 Å². The second kappa shape index (κ2) is 8.46. The molecule has 0 aromatic carbocycles. The molecular formula is C16H26N4O2. The molecule has 22 heavy (non-hydrogen) atoms. The van der Waals surface area contributed by atoms with Crippen LogP contribution in [0.2, 0.25) is 0 Å². The van der Waals surface area contributed by atoms with Crippen molar-refractivity contribution in [1.82, 2.24) is 15.5 Å². The Labute approximate surface area is 132 Å². The molecule has 2 N–H and O–H groups in total. The molecule has 2 rings (SSSR count). The van der Waals surface area contributed by atoms with Gasteiger partial charge in [0.1, 0.15) is 0 Å². The number of amides is 1. The highest BCUT2D eigenvalue weighted by Crippen LogP contribution is 2.15. The van der Waals surface area contributed by atoms with Gasteiger partial charge in [0.2, 0.25) is 0 Å². The van der Waals surface area contributed by atoms with Crippen molar-refractivity contribution in [2.24, 2.45) is 10.9 Å². The molecule has 1 amide bonds. The minimum atomic E-state index is -0.197. The highest BCUT2D eigenvalue weighted by atomic mass is 16.3. The first-order valence-corrected chi connectivity index (χ1v) is 8.05. The van der Waals surface area contributed by atoms with Gasteiger partial charge in [-0.2, -0.15) is 0 Å². The van der Waals surface area contributed by atoms with Crippen LogP contribution in [-0.2, 0) is 0 Å². The van der Waals surface area contributed by atoms with E-state index in [0.717, 1.165) is 31.5 Å². The zero-order valence-corrected chi connectivity index (χ0v) is 13.5. The van der Waals surface area contributed by atoms with Crippen LogP contribution in [0, 0.1) is 5.92 Å². The van der Waals surface area contributed by atoms with Crippen molar-refractivity contribution in [2.45, 2.75) is 26.7 Å². The lowest BCUT2D eigenvalue weighted by molar-refractivity contribution is 0.0927. The second-order valence-corrected chi connectivity index (χ2v) is 5.64. The maximum atomic E-state index is 11.7. The summed E-state index contributed by atoms with van der Waals surface area (Å²) in [7, 11) is 0. The molecule has 0 radical (unpaired) electrons. The van der Waals surface area contributed by atoms with Crippen molar-refractivity contribution >= 4 is 11.9 Å². The Morgan fingerprint density at radius 2 is 2.18 bits per heavy atom. The van der Waals surface area contributed by atoms with Crippen LogP contribution in [-0.4, -0.2) is 49.5 Å². The lowest BCUT2D eigenvalue weighted by Crippen LogP contribution is -2.45. The van der Waals surface area contributed by atoms with E-state index in [9.17, 15) is 4.79 Å². The number of furan rings is 1. The van der Waals surface area contributed by atoms with E-state index >= 15 is 0 Å². The molecule has 2 heterocycles. The number of carbonyl (C=O) groups is 1. The topological polar surface area (TPSA) is 69.9 Å². The summed E-state index contributed by atoms with van der Waals surface area (Å²) in [6, 6.07) is 3.35. The van der Waals surface area contributed by atoms with E-state index in [1.165, 1.54) is 19.1 Å². The summed E-state index contributed by atoms with van der Waals surface area (Å²) in [4.78, 5) is 18.6. The highest BCUT2D eigenvalue weighted by molar-refractivity contribution is 5.91. The summed E-state index contributed by atoms with van der Waals surface area (Å²) in [6.07, 6.45) is 3.91. The van der Waals surface area contributed by atoms with Gasteiger partial charge in [-0.05, 0) is 37.8 Å². The van der Waals surface area contributed by atoms with E-state index in [1.807, 2.05) is 0 Å². The third-order valence-electron chi connectivity index (χ3n) is 3.82. The molecule has 1 aliphatic rings. The van der Waals surface area contributed by atoms with Gasteiger partial charge in [-0.25, -0.2) is 0 Å². The van der Waals surface area contributed by atoms with E-state index < -0.39 is 0 Å². The molecule has 0 atom stereocenters. The average molecular weight is 306 g/mol. The minimum absolute atomic E-state index is 0.197. The number of rotatable bonds is 5. The first-order valence-electron chi connectivity index (χ1n) is 8.05. The summed E-state index contributed by atoms with van der Waals surface area (Å²) >= 11 is 0. The van der Waals surface area contributed by atoms with Gasteiger partial charge in [0.25, 0.3) is 5.91 Å². The van der Waals surface area contributed by atoms with Gasteiger partial charge in [0, 0.05) is 26.2 Å². The fourth-order valence-corrected chi connectivity index (χ4v) is 2.47. The zero-order chi connectivity index (χ0) is 15.8. The smallest absolute Gasteiger partial charge is 0.287 e. The van der Waals surface area contributed by atoms with E-state index in [0.29, 0.717) is 18.8 Å². The van der Waals surface area contributed by atoms with Gasteiger partial charge in [0.05, 0.1) is 12.8 Å². The number of guanidine groups is 1. The van der Waals surface area contributed by atoms with Gasteiger partial charge in [-0.3, -0.25) is 9.79 Å². The largest absolute Gasteiger partial charge is 0.459 e. The molecule has 1 aromatic rings. The fourth-order valence-electron chi connectivity index (χ4n) is 2.47. The molecule has 122 valence electrons. The Kier molecular flexibility index (Phi) is 6.30. The van der Waals surface area contributed by atoms with Crippen molar-refractivity contribution in [3.63, 3.8) is 0 Å². The summed E-state index contributed by atoms with van der Waals surface area (Å²) in [5.41, 5.74) is 0. The van der Waals surface area contributed by atoms with Gasteiger partial charge in [0.15, 0.2) is 11.7 Å². The maximum absolute atomic E-state index is 11.7. The van der Waals surface area contributed by atoms with E-state index in [1.54, 1.807) is 12.1 Å². The second-order valence-electron chi connectivity index (χ2n) is 5.64. The van der Waals surface area contributed by atoms with Crippen LogP contribution in [0.15, 0.2) is 27.8 Å². The fraction of sp³-hybridized carbons (Fsp3) is 0.625. The van der Waals surface area contributed by atoms with Crippen LogP contribution in [0.4, 0.5) is 0 Å². The van der Waals surface area contributed by atoms with E-state index in [4.69, 9.17) is 4.42 Å². The van der Waals surface area contributed by atoms with Crippen LogP contribution < -0.4 is 10.6 Å². The monoisotopic (exact) mass is 306 g/mol. The molecule has 0 spiro atoms. The Morgan fingerprint density at radius 1 is 1.41 bits per heavy atom. The van der Waals surface area contributed by atoms with Gasteiger partial charge >= 0.3 is 0 Å². The summed E-state index contributed by atoms with van der Waals surface area (Å²) in [5.74, 6) is 1.88. The molecular weight excluding hydrogens is 280 g/mol. The maximum Gasteiger partial charge on any atom is 0.287 e. The van der Waals surface area contributed by atoms with Gasteiger partial charge in [-0.15, -0.1) is 0 Å². The quantitative estimate of drug-likeness (QED) is 0.493. The zero-order valence-electron chi connectivity index (χ0n) is 13.5. The highest BCUT2D eigenvalue weighted by Gasteiger charge is 2.18. The van der Waals surface area contributed by atoms with Crippen LogP contribution in [0.5, 0.6) is 0 Å².